The molecule has 3 nitrogen and oxygen atoms in total. The predicted octanol–water partition coefficient (Wildman–Crippen LogP) is 2.11. The lowest BCUT2D eigenvalue weighted by Gasteiger charge is -2.14. The fourth-order valence-corrected chi connectivity index (χ4v) is 1.56. The molecule has 0 saturated heterocycles. The third kappa shape index (κ3) is 1.43. The average molecular weight is 195 g/mol. The molecule has 0 unspecified atom stereocenters. The van der Waals surface area contributed by atoms with E-state index in [0.29, 0.717) is 12.1 Å². The van der Waals surface area contributed by atoms with Crippen molar-refractivity contribution in [3.8, 4) is 0 Å². The Kier molecular flexibility index (Phi) is 1.91. The molecule has 78 valence electrons. The zero-order valence-corrected chi connectivity index (χ0v) is 8.81. The van der Waals surface area contributed by atoms with Crippen molar-refractivity contribution < 1.29 is 10.6 Å². The van der Waals surface area contributed by atoms with Crippen molar-refractivity contribution in [3.05, 3.63) is 23.2 Å². The maximum absolute atomic E-state index is 11.5. The van der Waals surface area contributed by atoms with Crippen molar-refractivity contribution in [2.75, 3.05) is 6.54 Å². The number of fused-ring (bicyclic) bond motifs is 1. The van der Waals surface area contributed by atoms with Crippen molar-refractivity contribution in [1.29, 1.82) is 0 Å². The van der Waals surface area contributed by atoms with Crippen LogP contribution >= 0.6 is 0 Å². The van der Waals surface area contributed by atoms with Gasteiger partial charge in [0.25, 0.3) is 5.91 Å². The van der Waals surface area contributed by atoms with Crippen LogP contribution in [0.4, 0.5) is 0 Å². The van der Waals surface area contributed by atoms with Crippen LogP contribution in [0.3, 0.4) is 0 Å². The van der Waals surface area contributed by atoms with Gasteiger partial charge in [-0.15, -0.1) is 0 Å². The molecule has 1 aliphatic rings. The lowest BCUT2D eigenvalue weighted by molar-refractivity contribution is 0.0942. The molecular formula is C11H17NO2. The fraction of sp³-hybridized carbons (Fsp3) is 0.545. The summed E-state index contributed by atoms with van der Waals surface area (Å²) in [5.41, 5.74) is 0.679. The molecule has 2 heterocycles. The molecular weight excluding hydrogens is 178 g/mol. The normalized spacial score (nSPS) is 16.4. The summed E-state index contributed by atoms with van der Waals surface area (Å²) in [6.07, 6.45) is 0.803. The van der Waals surface area contributed by atoms with E-state index in [1.165, 1.54) is 0 Å². The number of rotatable bonds is 0. The summed E-state index contributed by atoms with van der Waals surface area (Å²) in [6, 6.07) is 1.86. The first-order valence-corrected chi connectivity index (χ1v) is 4.90. The van der Waals surface area contributed by atoms with Crippen LogP contribution in [0.2, 0.25) is 0 Å². The third-order valence-electron chi connectivity index (χ3n) is 2.43. The van der Waals surface area contributed by atoms with Crippen LogP contribution in [0.25, 0.3) is 0 Å². The van der Waals surface area contributed by atoms with Crippen LogP contribution in [-0.4, -0.2) is 12.5 Å². The Morgan fingerprint density at radius 1 is 1.50 bits per heavy atom. The van der Waals surface area contributed by atoms with Crippen molar-refractivity contribution in [2.45, 2.75) is 32.6 Å². The zero-order chi connectivity index (χ0) is 10.3. The highest BCUT2D eigenvalue weighted by Crippen LogP contribution is 2.28. The van der Waals surface area contributed by atoms with Gasteiger partial charge in [0.05, 0.1) is 5.56 Å². The third-order valence-corrected chi connectivity index (χ3v) is 2.43. The van der Waals surface area contributed by atoms with Crippen LogP contribution in [0.1, 0.15) is 44.1 Å². The molecule has 0 bridgehead atoms. The topological polar surface area (TPSA) is 42.2 Å². The molecule has 0 saturated carbocycles. The van der Waals surface area contributed by atoms with Crippen LogP contribution in [0.15, 0.2) is 10.5 Å². The highest BCUT2D eigenvalue weighted by molar-refractivity contribution is 5.96. The van der Waals surface area contributed by atoms with Gasteiger partial charge in [0, 0.05) is 19.8 Å². The standard InChI is InChI=1S/C11H15NO2.H2/c1-11(2,3)9-6-7-8(14-9)4-5-12-10(7)13;/h6H,4-5H2,1-3H3,(H,12,13);1H. The summed E-state index contributed by atoms with van der Waals surface area (Å²) in [4.78, 5) is 11.5. The smallest absolute Gasteiger partial charge is 0.254 e. The van der Waals surface area contributed by atoms with Gasteiger partial charge in [-0.05, 0) is 6.07 Å². The highest BCUT2D eigenvalue weighted by atomic mass is 16.3. The molecule has 1 aliphatic heterocycles. The van der Waals surface area contributed by atoms with Gasteiger partial charge in [0.15, 0.2) is 0 Å². The average Bonchev–Trinajstić information content (AvgIpc) is 2.48. The van der Waals surface area contributed by atoms with Gasteiger partial charge in [-0.2, -0.15) is 0 Å². The number of hydrogen-bond donors (Lipinski definition) is 1. The lowest BCUT2D eigenvalue weighted by atomic mass is 9.93. The Hall–Kier alpha value is -1.25. The van der Waals surface area contributed by atoms with E-state index in [9.17, 15) is 4.79 Å². The van der Waals surface area contributed by atoms with E-state index < -0.39 is 0 Å². The highest BCUT2D eigenvalue weighted by Gasteiger charge is 2.26. The Morgan fingerprint density at radius 3 is 2.79 bits per heavy atom. The monoisotopic (exact) mass is 195 g/mol. The summed E-state index contributed by atoms with van der Waals surface area (Å²) in [5, 5.41) is 2.80. The predicted molar refractivity (Wildman–Crippen MR) is 55.6 cm³/mol. The van der Waals surface area contributed by atoms with Gasteiger partial charge >= 0.3 is 0 Å². The number of carbonyl (C=O) groups is 1. The molecule has 0 aliphatic carbocycles. The molecule has 1 aromatic heterocycles. The van der Waals surface area contributed by atoms with Crippen LogP contribution in [0, 0.1) is 0 Å². The number of hydrogen-bond acceptors (Lipinski definition) is 2. The van der Waals surface area contributed by atoms with Gasteiger partial charge in [-0.3, -0.25) is 4.79 Å². The SMILES string of the molecule is CC(C)(C)c1cc2c(o1)CCNC2=O.[HH]. The molecule has 1 amide bonds. The molecule has 0 fully saturated rings. The molecule has 3 heteroatoms. The summed E-state index contributed by atoms with van der Waals surface area (Å²) in [6.45, 7) is 6.92. The first kappa shape index (κ1) is 9.31. The Morgan fingerprint density at radius 2 is 2.21 bits per heavy atom. The number of carbonyl (C=O) groups excluding carboxylic acids is 1. The van der Waals surface area contributed by atoms with Gasteiger partial charge < -0.3 is 9.73 Å². The van der Waals surface area contributed by atoms with E-state index >= 15 is 0 Å². The van der Waals surface area contributed by atoms with Crippen LogP contribution < -0.4 is 5.32 Å². The van der Waals surface area contributed by atoms with Crippen LogP contribution in [0.5, 0.6) is 0 Å². The molecule has 2 rings (SSSR count). The first-order valence-electron chi connectivity index (χ1n) is 4.90. The Bertz CT molecular complexity index is 376. The molecule has 0 spiro atoms. The summed E-state index contributed by atoms with van der Waals surface area (Å²) in [5.74, 6) is 1.71. The quantitative estimate of drug-likeness (QED) is 0.689. The van der Waals surface area contributed by atoms with Crippen molar-refractivity contribution in [1.82, 2.24) is 5.32 Å². The first-order chi connectivity index (χ1) is 6.48. The maximum Gasteiger partial charge on any atom is 0.254 e. The molecule has 0 radical (unpaired) electrons. The van der Waals surface area contributed by atoms with Crippen molar-refractivity contribution in [3.63, 3.8) is 0 Å². The van der Waals surface area contributed by atoms with E-state index in [4.69, 9.17) is 4.42 Å². The Balaban J connectivity index is 0.00000112. The van der Waals surface area contributed by atoms with Crippen LogP contribution in [-0.2, 0) is 11.8 Å². The maximum atomic E-state index is 11.5. The van der Waals surface area contributed by atoms with Crippen molar-refractivity contribution in [2.24, 2.45) is 0 Å². The minimum absolute atomic E-state index is 0. The molecule has 0 atom stereocenters. The van der Waals surface area contributed by atoms with Gasteiger partial charge in [0.1, 0.15) is 11.5 Å². The van der Waals surface area contributed by atoms with E-state index in [2.05, 4.69) is 26.1 Å². The van der Waals surface area contributed by atoms with E-state index in [0.717, 1.165) is 17.9 Å². The Labute approximate surface area is 85.0 Å². The zero-order valence-electron chi connectivity index (χ0n) is 8.81. The second-order valence-electron chi connectivity index (χ2n) is 4.70. The van der Waals surface area contributed by atoms with Crippen molar-refractivity contribution >= 4 is 5.91 Å². The second kappa shape index (κ2) is 2.87. The van der Waals surface area contributed by atoms with Gasteiger partial charge in [-0.1, -0.05) is 20.8 Å². The molecule has 1 aromatic rings. The van der Waals surface area contributed by atoms with Gasteiger partial charge in [-0.25, -0.2) is 0 Å². The summed E-state index contributed by atoms with van der Waals surface area (Å²) < 4.78 is 5.68. The lowest BCUT2D eigenvalue weighted by Crippen LogP contribution is -2.30. The van der Waals surface area contributed by atoms with E-state index in [1.54, 1.807) is 0 Å². The minimum Gasteiger partial charge on any atom is -0.465 e. The molecule has 1 N–H and O–H groups in total. The second-order valence-corrected chi connectivity index (χ2v) is 4.70. The fourth-order valence-electron chi connectivity index (χ4n) is 1.56. The summed E-state index contributed by atoms with van der Waals surface area (Å²) >= 11 is 0. The molecule has 0 aromatic carbocycles. The number of furan rings is 1. The summed E-state index contributed by atoms with van der Waals surface area (Å²) in [7, 11) is 0. The van der Waals surface area contributed by atoms with Gasteiger partial charge in [0.2, 0.25) is 0 Å². The molecule has 14 heavy (non-hydrogen) atoms. The number of nitrogens with one attached hydrogen (secondary N) is 1. The largest absolute Gasteiger partial charge is 0.465 e. The van der Waals surface area contributed by atoms with E-state index in [-0.39, 0.29) is 12.7 Å². The number of amides is 1. The van der Waals surface area contributed by atoms with E-state index in [1.807, 2.05) is 6.07 Å². The minimum atomic E-state index is -0.0301.